The van der Waals surface area contributed by atoms with Gasteiger partial charge in [0.25, 0.3) is 0 Å². The van der Waals surface area contributed by atoms with Crippen LogP contribution in [0.15, 0.2) is 18.5 Å². The van der Waals surface area contributed by atoms with Gasteiger partial charge in [-0.3, -0.25) is 4.79 Å². The number of aromatic nitrogens is 3. The van der Waals surface area contributed by atoms with E-state index in [9.17, 15) is 18.0 Å². The number of nitriles is 1. The molecule has 1 fully saturated rings. The minimum Gasteiger partial charge on any atom is -0.322 e. The Bertz CT molecular complexity index is 790. The van der Waals surface area contributed by atoms with Crippen molar-refractivity contribution in [1.29, 1.82) is 5.26 Å². The van der Waals surface area contributed by atoms with Crippen LogP contribution in [0.2, 0.25) is 0 Å². The normalized spacial score (nSPS) is 17.6. The van der Waals surface area contributed by atoms with Crippen molar-refractivity contribution in [2.45, 2.75) is 19.0 Å². The average Bonchev–Trinajstić information content (AvgIpc) is 3.11. The van der Waals surface area contributed by atoms with E-state index >= 15 is 0 Å². The lowest BCUT2D eigenvalue weighted by atomic mass is 9.98. The lowest BCUT2D eigenvalue weighted by Gasteiger charge is -2.17. The molecule has 118 valence electrons. The summed E-state index contributed by atoms with van der Waals surface area (Å²) in [4.78, 5) is 17.2. The van der Waals surface area contributed by atoms with Crippen LogP contribution in [0, 0.1) is 28.8 Å². The van der Waals surface area contributed by atoms with Crippen LogP contribution in [0.1, 0.15) is 23.7 Å². The van der Waals surface area contributed by atoms with Gasteiger partial charge in [0.05, 0.1) is 0 Å². The van der Waals surface area contributed by atoms with Crippen LogP contribution in [0.25, 0.3) is 0 Å². The van der Waals surface area contributed by atoms with Crippen molar-refractivity contribution in [3.05, 3.63) is 47.3 Å². The molecule has 2 aromatic rings. The molecule has 23 heavy (non-hydrogen) atoms. The first kappa shape index (κ1) is 15.0. The van der Waals surface area contributed by atoms with Crippen molar-refractivity contribution in [3.8, 4) is 6.07 Å². The summed E-state index contributed by atoms with van der Waals surface area (Å²) >= 11 is 0. The molecule has 1 amide bonds. The molecular formula is C14H10F3N5O. The third-order valence-corrected chi connectivity index (χ3v) is 3.71. The minimum atomic E-state index is -1.53. The van der Waals surface area contributed by atoms with E-state index in [0.717, 1.165) is 12.1 Å². The van der Waals surface area contributed by atoms with Crippen LogP contribution < -0.4 is 0 Å². The number of likely N-dealkylation sites (tertiary alicyclic amines) is 1. The van der Waals surface area contributed by atoms with Crippen molar-refractivity contribution < 1.29 is 18.0 Å². The van der Waals surface area contributed by atoms with Gasteiger partial charge in [-0.05, 0) is 17.7 Å². The number of carbonyl (C=O) groups is 1. The number of nitrogens with zero attached hydrogens (tertiary/aromatic N) is 5. The number of rotatable bonds is 3. The highest BCUT2D eigenvalue weighted by Gasteiger charge is 2.32. The van der Waals surface area contributed by atoms with Gasteiger partial charge in [0.2, 0.25) is 11.7 Å². The molecule has 6 nitrogen and oxygen atoms in total. The Balaban J connectivity index is 1.79. The van der Waals surface area contributed by atoms with E-state index in [2.05, 4.69) is 10.1 Å². The Kier molecular flexibility index (Phi) is 3.73. The SMILES string of the molecule is N#Cc1ncnn1CN1C[C@@H](c2cc(F)c(F)c(F)c2)CC1=O. The summed E-state index contributed by atoms with van der Waals surface area (Å²) < 4.78 is 40.9. The van der Waals surface area contributed by atoms with E-state index < -0.39 is 23.4 Å². The molecule has 0 saturated carbocycles. The van der Waals surface area contributed by atoms with Crippen LogP contribution in [-0.4, -0.2) is 32.1 Å². The zero-order valence-corrected chi connectivity index (χ0v) is 11.7. The zero-order chi connectivity index (χ0) is 16.6. The number of hydrogen-bond donors (Lipinski definition) is 0. The van der Waals surface area contributed by atoms with Gasteiger partial charge in [-0.2, -0.15) is 10.4 Å². The predicted octanol–water partition coefficient (Wildman–Crippen LogP) is 1.54. The summed E-state index contributed by atoms with van der Waals surface area (Å²) in [6.45, 7) is 0.207. The Labute approximate surface area is 128 Å². The maximum Gasteiger partial charge on any atom is 0.232 e. The fourth-order valence-corrected chi connectivity index (χ4v) is 2.56. The first-order valence-corrected chi connectivity index (χ1v) is 6.69. The van der Waals surface area contributed by atoms with Crippen LogP contribution in [-0.2, 0) is 11.5 Å². The van der Waals surface area contributed by atoms with Crippen LogP contribution in [0.3, 0.4) is 0 Å². The minimum absolute atomic E-state index is 0.0182. The van der Waals surface area contributed by atoms with E-state index in [0.29, 0.717) is 0 Å². The highest BCUT2D eigenvalue weighted by atomic mass is 19.2. The fraction of sp³-hybridized carbons (Fsp3) is 0.286. The highest BCUT2D eigenvalue weighted by molar-refractivity contribution is 5.79. The van der Waals surface area contributed by atoms with E-state index in [4.69, 9.17) is 5.26 Å². The maximum absolute atomic E-state index is 13.3. The molecule has 1 aromatic heterocycles. The quantitative estimate of drug-likeness (QED) is 0.804. The second-order valence-electron chi connectivity index (χ2n) is 5.15. The van der Waals surface area contributed by atoms with Gasteiger partial charge >= 0.3 is 0 Å². The third kappa shape index (κ3) is 2.75. The summed E-state index contributed by atoms with van der Waals surface area (Å²) in [5, 5.41) is 12.7. The summed E-state index contributed by atoms with van der Waals surface area (Å²) in [6, 6.07) is 3.64. The van der Waals surface area contributed by atoms with Crippen molar-refractivity contribution in [2.75, 3.05) is 6.54 Å². The molecule has 3 rings (SSSR count). The highest BCUT2D eigenvalue weighted by Crippen LogP contribution is 2.30. The lowest BCUT2D eigenvalue weighted by Crippen LogP contribution is -2.29. The van der Waals surface area contributed by atoms with Gasteiger partial charge in [-0.15, -0.1) is 0 Å². The van der Waals surface area contributed by atoms with Gasteiger partial charge in [-0.1, -0.05) is 0 Å². The Hall–Kier alpha value is -2.89. The molecule has 1 aliphatic heterocycles. The largest absolute Gasteiger partial charge is 0.322 e. The summed E-state index contributed by atoms with van der Waals surface area (Å²) in [5.74, 6) is -4.75. The molecule has 1 aliphatic rings. The second kappa shape index (κ2) is 5.72. The van der Waals surface area contributed by atoms with Crippen molar-refractivity contribution in [1.82, 2.24) is 19.7 Å². The molecule has 9 heteroatoms. The van der Waals surface area contributed by atoms with Gasteiger partial charge < -0.3 is 4.90 Å². The predicted molar refractivity (Wildman–Crippen MR) is 70.1 cm³/mol. The molecule has 0 radical (unpaired) electrons. The molecule has 2 heterocycles. The molecule has 0 bridgehead atoms. The first-order valence-electron chi connectivity index (χ1n) is 6.69. The third-order valence-electron chi connectivity index (χ3n) is 3.71. The summed E-state index contributed by atoms with van der Waals surface area (Å²) in [6.07, 6.45) is 1.24. The molecule has 0 spiro atoms. The van der Waals surface area contributed by atoms with Crippen molar-refractivity contribution in [2.24, 2.45) is 0 Å². The number of benzene rings is 1. The van der Waals surface area contributed by atoms with Gasteiger partial charge in [0.15, 0.2) is 17.5 Å². The lowest BCUT2D eigenvalue weighted by molar-refractivity contribution is -0.129. The van der Waals surface area contributed by atoms with E-state index in [1.165, 1.54) is 15.9 Å². The van der Waals surface area contributed by atoms with Gasteiger partial charge in [0, 0.05) is 18.9 Å². The van der Waals surface area contributed by atoms with Crippen LogP contribution in [0.5, 0.6) is 0 Å². The Morgan fingerprint density at radius 3 is 2.65 bits per heavy atom. The molecule has 1 saturated heterocycles. The zero-order valence-electron chi connectivity index (χ0n) is 11.7. The average molecular weight is 321 g/mol. The molecule has 1 atom stereocenters. The monoisotopic (exact) mass is 321 g/mol. The van der Waals surface area contributed by atoms with Crippen LogP contribution in [0.4, 0.5) is 13.2 Å². The Morgan fingerprint density at radius 1 is 1.30 bits per heavy atom. The first-order chi connectivity index (χ1) is 11.0. The van der Waals surface area contributed by atoms with Gasteiger partial charge in [-0.25, -0.2) is 22.8 Å². The standard InChI is InChI=1S/C14H10F3N5O/c15-10-1-8(2-11(16)14(10)17)9-3-13(23)21(5-9)7-22-12(4-18)19-6-20-22/h1-2,6,9H,3,5,7H2/t9-/m0/s1. The van der Waals surface area contributed by atoms with Gasteiger partial charge in [0.1, 0.15) is 19.1 Å². The molecule has 1 aromatic carbocycles. The summed E-state index contributed by atoms with van der Waals surface area (Å²) in [5.41, 5.74) is 0.219. The van der Waals surface area contributed by atoms with Crippen molar-refractivity contribution in [3.63, 3.8) is 0 Å². The van der Waals surface area contributed by atoms with Crippen molar-refractivity contribution >= 4 is 5.91 Å². The molecule has 0 unspecified atom stereocenters. The number of halogens is 3. The maximum atomic E-state index is 13.3. The fourth-order valence-electron chi connectivity index (χ4n) is 2.56. The van der Waals surface area contributed by atoms with E-state index in [1.807, 2.05) is 6.07 Å². The second-order valence-corrected chi connectivity index (χ2v) is 5.15. The van der Waals surface area contributed by atoms with E-state index in [1.54, 1.807) is 0 Å². The summed E-state index contributed by atoms with van der Waals surface area (Å²) in [7, 11) is 0. The number of amides is 1. The number of hydrogen-bond acceptors (Lipinski definition) is 4. The van der Waals surface area contributed by atoms with Crippen LogP contribution >= 0.6 is 0 Å². The smallest absolute Gasteiger partial charge is 0.232 e. The number of carbonyl (C=O) groups excluding carboxylic acids is 1. The topological polar surface area (TPSA) is 74.8 Å². The molecule has 0 N–H and O–H groups in total. The molecular weight excluding hydrogens is 311 g/mol. The Morgan fingerprint density at radius 2 is 2.00 bits per heavy atom. The molecule has 0 aliphatic carbocycles. The van der Waals surface area contributed by atoms with E-state index in [-0.39, 0.29) is 36.9 Å².